The molecule has 0 saturated heterocycles. The number of carbonyl (C=O) groups excluding carboxylic acids is 2. The van der Waals surface area contributed by atoms with Crippen LogP contribution in [0.1, 0.15) is 27.2 Å². The van der Waals surface area contributed by atoms with Crippen molar-refractivity contribution in [2.24, 2.45) is 5.92 Å². The summed E-state index contributed by atoms with van der Waals surface area (Å²) in [5.74, 6) is -0.0181. The van der Waals surface area contributed by atoms with Gasteiger partial charge >= 0.3 is 12.1 Å². The minimum atomic E-state index is -0.501. The van der Waals surface area contributed by atoms with Gasteiger partial charge in [0, 0.05) is 18.3 Å². The maximum absolute atomic E-state index is 12.8. The van der Waals surface area contributed by atoms with Crippen LogP contribution in [0.25, 0.3) is 0 Å². The van der Waals surface area contributed by atoms with Crippen molar-refractivity contribution in [1.29, 1.82) is 0 Å². The third-order valence-corrected chi connectivity index (χ3v) is 2.96. The first-order chi connectivity index (χ1) is 10.9. The zero-order chi connectivity index (χ0) is 17.2. The summed E-state index contributed by atoms with van der Waals surface area (Å²) in [4.78, 5) is 23.3. The largest absolute Gasteiger partial charge is 0.450 e. The SMILES string of the molecule is CCOC(=O)NC(CNC(=O)Nc1ccc(F)cc1)CC(C)C. The van der Waals surface area contributed by atoms with E-state index in [-0.39, 0.29) is 18.4 Å². The molecule has 1 atom stereocenters. The third-order valence-electron chi connectivity index (χ3n) is 2.96. The second-order valence-corrected chi connectivity index (χ2v) is 5.53. The lowest BCUT2D eigenvalue weighted by Crippen LogP contribution is -2.45. The van der Waals surface area contributed by atoms with E-state index >= 15 is 0 Å². The molecule has 0 aliphatic carbocycles. The van der Waals surface area contributed by atoms with Crippen molar-refractivity contribution in [2.75, 3.05) is 18.5 Å². The number of hydrogen-bond donors (Lipinski definition) is 3. The second-order valence-electron chi connectivity index (χ2n) is 5.53. The molecule has 1 aromatic rings. The van der Waals surface area contributed by atoms with Crippen molar-refractivity contribution >= 4 is 17.8 Å². The molecule has 0 radical (unpaired) electrons. The molecular weight excluding hydrogens is 301 g/mol. The summed E-state index contributed by atoms with van der Waals surface area (Å²) in [6, 6.07) is 4.82. The quantitative estimate of drug-likeness (QED) is 0.720. The van der Waals surface area contributed by atoms with Gasteiger partial charge in [-0.25, -0.2) is 14.0 Å². The van der Waals surface area contributed by atoms with Gasteiger partial charge in [0.2, 0.25) is 0 Å². The monoisotopic (exact) mass is 325 g/mol. The van der Waals surface area contributed by atoms with Crippen LogP contribution in [-0.2, 0) is 4.74 Å². The molecule has 128 valence electrons. The van der Waals surface area contributed by atoms with Crippen molar-refractivity contribution in [3.63, 3.8) is 0 Å². The Morgan fingerprint density at radius 2 is 1.87 bits per heavy atom. The number of hydrogen-bond acceptors (Lipinski definition) is 3. The third kappa shape index (κ3) is 8.04. The molecule has 0 aliphatic heterocycles. The van der Waals surface area contributed by atoms with Gasteiger partial charge in [0.25, 0.3) is 0 Å². The normalized spacial score (nSPS) is 11.7. The van der Waals surface area contributed by atoms with Crippen LogP contribution in [0.2, 0.25) is 0 Å². The molecule has 0 bridgehead atoms. The van der Waals surface area contributed by atoms with Gasteiger partial charge in [-0.3, -0.25) is 0 Å². The van der Waals surface area contributed by atoms with Gasteiger partial charge in [-0.05, 0) is 43.5 Å². The van der Waals surface area contributed by atoms with Gasteiger partial charge in [0.15, 0.2) is 0 Å². The molecule has 0 saturated carbocycles. The Morgan fingerprint density at radius 1 is 1.22 bits per heavy atom. The fourth-order valence-electron chi connectivity index (χ4n) is 2.03. The van der Waals surface area contributed by atoms with Crippen LogP contribution in [-0.4, -0.2) is 31.3 Å². The van der Waals surface area contributed by atoms with E-state index in [1.807, 2.05) is 13.8 Å². The Morgan fingerprint density at radius 3 is 2.43 bits per heavy atom. The summed E-state index contributed by atoms with van der Waals surface area (Å²) in [5.41, 5.74) is 0.489. The summed E-state index contributed by atoms with van der Waals surface area (Å²) < 4.78 is 17.7. The summed E-state index contributed by atoms with van der Waals surface area (Å²) in [5, 5.41) is 8.00. The Labute approximate surface area is 135 Å². The van der Waals surface area contributed by atoms with Crippen LogP contribution in [0.4, 0.5) is 19.7 Å². The zero-order valence-electron chi connectivity index (χ0n) is 13.7. The van der Waals surface area contributed by atoms with Gasteiger partial charge < -0.3 is 20.7 Å². The predicted octanol–water partition coefficient (Wildman–Crippen LogP) is 3.11. The van der Waals surface area contributed by atoms with E-state index in [1.54, 1.807) is 6.92 Å². The van der Waals surface area contributed by atoms with Gasteiger partial charge in [-0.1, -0.05) is 13.8 Å². The molecule has 23 heavy (non-hydrogen) atoms. The molecule has 7 heteroatoms. The van der Waals surface area contributed by atoms with Gasteiger partial charge in [-0.15, -0.1) is 0 Å². The molecule has 1 aromatic carbocycles. The molecule has 0 fully saturated rings. The lowest BCUT2D eigenvalue weighted by atomic mass is 10.0. The number of benzene rings is 1. The van der Waals surface area contributed by atoms with Crippen molar-refractivity contribution in [3.8, 4) is 0 Å². The maximum Gasteiger partial charge on any atom is 0.407 e. The molecule has 6 nitrogen and oxygen atoms in total. The molecule has 1 unspecified atom stereocenters. The number of anilines is 1. The fraction of sp³-hybridized carbons (Fsp3) is 0.500. The number of nitrogens with one attached hydrogen (secondary N) is 3. The number of rotatable bonds is 7. The Hall–Kier alpha value is -2.31. The number of ether oxygens (including phenoxy) is 1. The minimum absolute atomic E-state index is 0.229. The summed E-state index contributed by atoms with van der Waals surface area (Å²) in [7, 11) is 0. The Bertz CT molecular complexity index is 506. The number of carbonyl (C=O) groups is 2. The average Bonchev–Trinajstić information content (AvgIpc) is 2.47. The van der Waals surface area contributed by atoms with E-state index in [9.17, 15) is 14.0 Å². The molecule has 3 amide bonds. The Balaban J connectivity index is 2.47. The highest BCUT2D eigenvalue weighted by Gasteiger charge is 2.15. The summed E-state index contributed by atoms with van der Waals surface area (Å²) in [6.07, 6.45) is 0.203. The van der Waals surface area contributed by atoms with Crippen LogP contribution >= 0.6 is 0 Å². The van der Waals surface area contributed by atoms with Gasteiger partial charge in [0.1, 0.15) is 5.82 Å². The fourth-order valence-corrected chi connectivity index (χ4v) is 2.03. The van der Waals surface area contributed by atoms with Crippen LogP contribution in [0.5, 0.6) is 0 Å². The number of alkyl carbamates (subject to hydrolysis) is 1. The molecule has 0 heterocycles. The smallest absolute Gasteiger partial charge is 0.407 e. The topological polar surface area (TPSA) is 79.5 Å². The van der Waals surface area contributed by atoms with Crippen molar-refractivity contribution in [1.82, 2.24) is 10.6 Å². The molecule has 0 aliphatic rings. The molecule has 3 N–H and O–H groups in total. The van der Waals surface area contributed by atoms with Crippen LogP contribution in [0.15, 0.2) is 24.3 Å². The zero-order valence-corrected chi connectivity index (χ0v) is 13.7. The van der Waals surface area contributed by atoms with Crippen molar-refractivity contribution in [2.45, 2.75) is 33.2 Å². The van der Waals surface area contributed by atoms with Crippen molar-refractivity contribution < 1.29 is 18.7 Å². The van der Waals surface area contributed by atoms with E-state index < -0.39 is 12.1 Å². The van der Waals surface area contributed by atoms with Crippen LogP contribution in [0, 0.1) is 11.7 Å². The molecular formula is C16H24FN3O3. The lowest BCUT2D eigenvalue weighted by Gasteiger charge is -2.21. The minimum Gasteiger partial charge on any atom is -0.450 e. The second kappa shape index (κ2) is 9.66. The predicted molar refractivity (Wildman–Crippen MR) is 86.8 cm³/mol. The maximum atomic E-state index is 12.8. The van der Waals surface area contributed by atoms with Gasteiger partial charge in [-0.2, -0.15) is 0 Å². The van der Waals surface area contributed by atoms with Crippen LogP contribution in [0.3, 0.4) is 0 Å². The first-order valence-corrected chi connectivity index (χ1v) is 7.64. The summed E-state index contributed by atoms with van der Waals surface area (Å²) in [6.45, 7) is 6.34. The molecule has 0 aromatic heterocycles. The van der Waals surface area contributed by atoms with Crippen LogP contribution < -0.4 is 16.0 Å². The van der Waals surface area contributed by atoms with Gasteiger partial charge in [0.05, 0.1) is 6.61 Å². The van der Waals surface area contributed by atoms with Crippen molar-refractivity contribution in [3.05, 3.63) is 30.1 Å². The Kier molecular flexibility index (Phi) is 7.87. The van der Waals surface area contributed by atoms with E-state index in [0.29, 0.717) is 24.6 Å². The van der Waals surface area contributed by atoms with E-state index in [2.05, 4.69) is 16.0 Å². The number of urea groups is 1. The van der Waals surface area contributed by atoms with E-state index in [0.717, 1.165) is 0 Å². The highest BCUT2D eigenvalue weighted by molar-refractivity contribution is 5.89. The lowest BCUT2D eigenvalue weighted by molar-refractivity contribution is 0.146. The highest BCUT2D eigenvalue weighted by atomic mass is 19.1. The first kappa shape index (κ1) is 18.7. The van der Waals surface area contributed by atoms with E-state index in [4.69, 9.17) is 4.74 Å². The summed E-state index contributed by atoms with van der Waals surface area (Å²) >= 11 is 0. The highest BCUT2D eigenvalue weighted by Crippen LogP contribution is 2.08. The standard InChI is InChI=1S/C16H24FN3O3/c1-4-23-16(22)20-14(9-11(2)3)10-18-15(21)19-13-7-5-12(17)6-8-13/h5-8,11,14H,4,9-10H2,1-3H3,(H,20,22)(H2,18,19,21). The number of halogens is 1. The molecule has 1 rings (SSSR count). The van der Waals surface area contributed by atoms with E-state index in [1.165, 1.54) is 24.3 Å². The molecule has 0 spiro atoms. The first-order valence-electron chi connectivity index (χ1n) is 7.64. The average molecular weight is 325 g/mol. The number of amides is 3.